The third-order valence-corrected chi connectivity index (χ3v) is 3.09. The summed E-state index contributed by atoms with van der Waals surface area (Å²) >= 11 is 0. The maximum atomic E-state index is 5.64. The minimum absolute atomic E-state index is 0.589. The Kier molecular flexibility index (Phi) is 5.96. The molecule has 0 spiro atoms. The molecule has 0 aliphatic heterocycles. The van der Waals surface area contributed by atoms with Gasteiger partial charge in [-0.25, -0.2) is 4.98 Å². The number of nitrogen functional groups attached to an aromatic ring is 1. The van der Waals surface area contributed by atoms with E-state index in [4.69, 9.17) is 5.73 Å². The van der Waals surface area contributed by atoms with Crippen molar-refractivity contribution in [2.45, 2.75) is 40.5 Å². The van der Waals surface area contributed by atoms with Crippen LogP contribution >= 0.6 is 0 Å². The first-order valence-electron chi connectivity index (χ1n) is 6.95. The fourth-order valence-corrected chi connectivity index (χ4v) is 1.78. The molecule has 0 saturated carbocycles. The van der Waals surface area contributed by atoms with Crippen molar-refractivity contribution in [1.82, 2.24) is 4.98 Å². The number of nitrogens with zero attached hydrogens (tertiary/aromatic N) is 2. The fraction of sp³-hybridized carbons (Fsp3) is 0.667. The Balaban J connectivity index is 2.66. The number of nitrogens with two attached hydrogens (primary N) is 1. The van der Waals surface area contributed by atoms with Crippen LogP contribution in [0.5, 0.6) is 0 Å². The van der Waals surface area contributed by atoms with Gasteiger partial charge in [-0.2, -0.15) is 0 Å². The SMILES string of the molecule is CC(C)CCN(CCC(C)C)c1ccc(N)nc1. The summed E-state index contributed by atoms with van der Waals surface area (Å²) in [6, 6.07) is 3.95. The van der Waals surface area contributed by atoms with Gasteiger partial charge < -0.3 is 10.6 Å². The van der Waals surface area contributed by atoms with Crippen LogP contribution in [0, 0.1) is 11.8 Å². The van der Waals surface area contributed by atoms with E-state index < -0.39 is 0 Å². The minimum atomic E-state index is 0.589. The van der Waals surface area contributed by atoms with Gasteiger partial charge in [0.05, 0.1) is 11.9 Å². The van der Waals surface area contributed by atoms with Crippen LogP contribution < -0.4 is 10.6 Å². The molecule has 0 fully saturated rings. The van der Waals surface area contributed by atoms with Crippen molar-refractivity contribution in [3.63, 3.8) is 0 Å². The van der Waals surface area contributed by atoms with Gasteiger partial charge in [0.2, 0.25) is 0 Å². The molecule has 0 amide bonds. The molecule has 1 aromatic heterocycles. The lowest BCUT2D eigenvalue weighted by molar-refractivity contribution is 0.535. The van der Waals surface area contributed by atoms with Crippen LogP contribution in [-0.4, -0.2) is 18.1 Å². The van der Waals surface area contributed by atoms with E-state index in [9.17, 15) is 0 Å². The van der Waals surface area contributed by atoms with Crippen LogP contribution in [-0.2, 0) is 0 Å². The summed E-state index contributed by atoms with van der Waals surface area (Å²) in [6.45, 7) is 11.2. The Morgan fingerprint density at radius 1 is 1.06 bits per heavy atom. The molecule has 0 bridgehead atoms. The molecule has 0 aromatic carbocycles. The zero-order valence-electron chi connectivity index (χ0n) is 12.2. The molecule has 0 unspecified atom stereocenters. The Morgan fingerprint density at radius 2 is 1.61 bits per heavy atom. The van der Waals surface area contributed by atoms with Gasteiger partial charge in [-0.05, 0) is 36.8 Å². The van der Waals surface area contributed by atoms with Crippen molar-refractivity contribution in [3.8, 4) is 0 Å². The smallest absolute Gasteiger partial charge is 0.123 e. The van der Waals surface area contributed by atoms with Gasteiger partial charge in [-0.1, -0.05) is 27.7 Å². The van der Waals surface area contributed by atoms with Gasteiger partial charge in [0.1, 0.15) is 5.82 Å². The number of aromatic nitrogens is 1. The summed E-state index contributed by atoms with van der Waals surface area (Å²) in [5.74, 6) is 2.05. The Hall–Kier alpha value is -1.25. The second-order valence-electron chi connectivity index (χ2n) is 5.79. The molecule has 1 heterocycles. The third kappa shape index (κ3) is 5.39. The molecule has 0 saturated heterocycles. The first-order chi connectivity index (χ1) is 8.49. The third-order valence-electron chi connectivity index (χ3n) is 3.09. The normalized spacial score (nSPS) is 11.2. The lowest BCUT2D eigenvalue weighted by Crippen LogP contribution is -2.27. The van der Waals surface area contributed by atoms with Crippen LogP contribution in [0.1, 0.15) is 40.5 Å². The number of anilines is 2. The van der Waals surface area contributed by atoms with Crippen molar-refractivity contribution in [2.75, 3.05) is 23.7 Å². The van der Waals surface area contributed by atoms with Crippen molar-refractivity contribution < 1.29 is 0 Å². The summed E-state index contributed by atoms with van der Waals surface area (Å²) < 4.78 is 0. The largest absolute Gasteiger partial charge is 0.384 e. The van der Waals surface area contributed by atoms with Crippen LogP contribution in [0.15, 0.2) is 18.3 Å². The lowest BCUT2D eigenvalue weighted by atomic mass is 10.1. The first-order valence-corrected chi connectivity index (χ1v) is 6.95. The zero-order valence-corrected chi connectivity index (χ0v) is 12.2. The second kappa shape index (κ2) is 7.24. The molecule has 102 valence electrons. The lowest BCUT2D eigenvalue weighted by Gasteiger charge is -2.26. The van der Waals surface area contributed by atoms with E-state index in [1.54, 1.807) is 0 Å². The van der Waals surface area contributed by atoms with E-state index in [2.05, 4.69) is 43.6 Å². The average Bonchev–Trinajstić information content (AvgIpc) is 2.30. The summed E-state index contributed by atoms with van der Waals surface area (Å²) in [7, 11) is 0. The van der Waals surface area contributed by atoms with Crippen molar-refractivity contribution in [3.05, 3.63) is 18.3 Å². The summed E-state index contributed by atoms with van der Waals surface area (Å²) in [6.07, 6.45) is 4.31. The molecule has 2 N–H and O–H groups in total. The summed E-state index contributed by atoms with van der Waals surface area (Å²) in [5.41, 5.74) is 6.83. The molecule has 3 nitrogen and oxygen atoms in total. The molecule has 1 aromatic rings. The van der Waals surface area contributed by atoms with Crippen LogP contribution in [0.25, 0.3) is 0 Å². The van der Waals surface area contributed by atoms with E-state index >= 15 is 0 Å². The van der Waals surface area contributed by atoms with E-state index in [0.29, 0.717) is 5.82 Å². The van der Waals surface area contributed by atoms with Gasteiger partial charge in [0.25, 0.3) is 0 Å². The number of hydrogen-bond acceptors (Lipinski definition) is 3. The molecule has 0 aliphatic carbocycles. The molecule has 0 aliphatic rings. The molecular formula is C15H27N3. The van der Waals surface area contributed by atoms with Crippen LogP contribution in [0.2, 0.25) is 0 Å². The highest BCUT2D eigenvalue weighted by Gasteiger charge is 2.08. The molecule has 0 atom stereocenters. The quantitative estimate of drug-likeness (QED) is 0.803. The highest BCUT2D eigenvalue weighted by Crippen LogP contribution is 2.17. The highest BCUT2D eigenvalue weighted by molar-refractivity contribution is 5.47. The average molecular weight is 249 g/mol. The summed E-state index contributed by atoms with van der Waals surface area (Å²) in [4.78, 5) is 6.61. The first kappa shape index (κ1) is 14.8. The molecular weight excluding hydrogens is 222 g/mol. The van der Waals surface area contributed by atoms with E-state index in [1.807, 2.05) is 12.3 Å². The molecule has 3 heteroatoms. The Labute approximate surface area is 111 Å². The fourth-order valence-electron chi connectivity index (χ4n) is 1.78. The highest BCUT2D eigenvalue weighted by atomic mass is 15.1. The summed E-state index contributed by atoms with van der Waals surface area (Å²) in [5, 5.41) is 0. The van der Waals surface area contributed by atoms with Gasteiger partial charge in [0, 0.05) is 13.1 Å². The predicted molar refractivity (Wildman–Crippen MR) is 79.8 cm³/mol. The maximum Gasteiger partial charge on any atom is 0.123 e. The Morgan fingerprint density at radius 3 is 2.00 bits per heavy atom. The molecule has 0 radical (unpaired) electrons. The van der Waals surface area contributed by atoms with Gasteiger partial charge in [0.15, 0.2) is 0 Å². The molecule has 18 heavy (non-hydrogen) atoms. The van der Waals surface area contributed by atoms with Crippen LogP contribution in [0.4, 0.5) is 11.5 Å². The van der Waals surface area contributed by atoms with Gasteiger partial charge >= 0.3 is 0 Å². The number of hydrogen-bond donors (Lipinski definition) is 1. The topological polar surface area (TPSA) is 42.1 Å². The monoisotopic (exact) mass is 249 g/mol. The van der Waals surface area contributed by atoms with Crippen molar-refractivity contribution >= 4 is 11.5 Å². The number of rotatable bonds is 7. The van der Waals surface area contributed by atoms with Crippen molar-refractivity contribution in [2.24, 2.45) is 11.8 Å². The minimum Gasteiger partial charge on any atom is -0.384 e. The Bertz CT molecular complexity index is 318. The predicted octanol–water partition coefficient (Wildman–Crippen LogP) is 3.56. The zero-order chi connectivity index (χ0) is 13.5. The van der Waals surface area contributed by atoms with Crippen molar-refractivity contribution in [1.29, 1.82) is 0 Å². The van der Waals surface area contributed by atoms with Gasteiger partial charge in [-0.3, -0.25) is 0 Å². The maximum absolute atomic E-state index is 5.64. The van der Waals surface area contributed by atoms with E-state index in [0.717, 1.165) is 24.9 Å². The molecule has 1 rings (SSSR count). The number of pyridine rings is 1. The second-order valence-corrected chi connectivity index (χ2v) is 5.79. The van der Waals surface area contributed by atoms with Gasteiger partial charge in [-0.15, -0.1) is 0 Å². The van der Waals surface area contributed by atoms with E-state index in [1.165, 1.54) is 18.5 Å². The van der Waals surface area contributed by atoms with Crippen LogP contribution in [0.3, 0.4) is 0 Å². The standard InChI is InChI=1S/C15H27N3/c1-12(2)7-9-18(10-8-13(3)4)14-5-6-15(16)17-11-14/h5-6,11-13H,7-10H2,1-4H3,(H2,16,17). The van der Waals surface area contributed by atoms with E-state index in [-0.39, 0.29) is 0 Å².